The van der Waals surface area contributed by atoms with Crippen LogP contribution in [0.3, 0.4) is 0 Å². The third-order valence-electron chi connectivity index (χ3n) is 5.64. The Morgan fingerprint density at radius 1 is 1.23 bits per heavy atom. The third-order valence-corrected chi connectivity index (χ3v) is 5.64. The van der Waals surface area contributed by atoms with Gasteiger partial charge in [-0.05, 0) is 30.2 Å². The number of rotatable bonds is 6. The van der Waals surface area contributed by atoms with Gasteiger partial charge in [-0.15, -0.1) is 6.58 Å². The summed E-state index contributed by atoms with van der Waals surface area (Å²) in [6.07, 6.45) is 1.72. The molecule has 3 N–H and O–H groups in total. The molecule has 3 rings (SSSR count). The Labute approximate surface area is 150 Å². The topological polar surface area (TPSA) is 113 Å². The zero-order valence-electron chi connectivity index (χ0n) is 14.1. The molecule has 138 valence electrons. The average molecular weight is 359 g/mol. The SMILES string of the molecule is C=C[C@@H]1C[C@@H]2C[C@H]1[C@](NC(=O)OCc1ccccc1)(C(=O)O)[C@H]2C(=O)O. The second-order valence-electron chi connectivity index (χ2n) is 6.91. The van der Waals surface area contributed by atoms with Crippen LogP contribution in [0, 0.1) is 23.7 Å². The number of ether oxygens (including phenoxy) is 1. The summed E-state index contributed by atoms with van der Waals surface area (Å²) >= 11 is 0. The lowest BCUT2D eigenvalue weighted by atomic mass is 9.68. The Balaban J connectivity index is 1.82. The fourth-order valence-corrected chi connectivity index (χ4v) is 4.61. The van der Waals surface area contributed by atoms with E-state index < -0.39 is 35.4 Å². The first-order valence-electron chi connectivity index (χ1n) is 8.47. The maximum Gasteiger partial charge on any atom is 0.408 e. The van der Waals surface area contributed by atoms with E-state index in [1.165, 1.54) is 0 Å². The zero-order chi connectivity index (χ0) is 18.9. The second-order valence-corrected chi connectivity index (χ2v) is 6.91. The quantitative estimate of drug-likeness (QED) is 0.672. The number of alkyl carbamates (subject to hydrolysis) is 1. The van der Waals surface area contributed by atoms with Crippen LogP contribution >= 0.6 is 0 Å². The van der Waals surface area contributed by atoms with E-state index in [1.54, 1.807) is 30.3 Å². The lowest BCUT2D eigenvalue weighted by Gasteiger charge is -2.41. The van der Waals surface area contributed by atoms with Gasteiger partial charge in [-0.25, -0.2) is 9.59 Å². The molecule has 2 aliphatic carbocycles. The Morgan fingerprint density at radius 3 is 2.50 bits per heavy atom. The molecule has 7 nitrogen and oxygen atoms in total. The van der Waals surface area contributed by atoms with Gasteiger partial charge in [0.05, 0.1) is 5.92 Å². The number of hydrogen-bond donors (Lipinski definition) is 3. The number of amides is 1. The molecule has 26 heavy (non-hydrogen) atoms. The summed E-state index contributed by atoms with van der Waals surface area (Å²) in [6, 6.07) is 8.95. The summed E-state index contributed by atoms with van der Waals surface area (Å²) in [5, 5.41) is 21.9. The van der Waals surface area contributed by atoms with Crippen LogP contribution in [0.15, 0.2) is 43.0 Å². The summed E-state index contributed by atoms with van der Waals surface area (Å²) in [4.78, 5) is 36.2. The Hall–Kier alpha value is -2.83. The van der Waals surface area contributed by atoms with Crippen LogP contribution < -0.4 is 5.32 Å². The molecule has 1 amide bonds. The van der Waals surface area contributed by atoms with Gasteiger partial charge in [-0.3, -0.25) is 4.79 Å². The number of fused-ring (bicyclic) bond motifs is 2. The number of benzene rings is 1. The van der Waals surface area contributed by atoms with Gasteiger partial charge in [0.15, 0.2) is 5.54 Å². The van der Waals surface area contributed by atoms with E-state index in [2.05, 4.69) is 11.9 Å². The smallest absolute Gasteiger partial charge is 0.408 e. The van der Waals surface area contributed by atoms with E-state index >= 15 is 0 Å². The van der Waals surface area contributed by atoms with E-state index in [0.29, 0.717) is 12.8 Å². The number of carboxylic acid groups (broad SMARTS) is 2. The normalized spacial score (nSPS) is 32.0. The van der Waals surface area contributed by atoms with Gasteiger partial charge in [0.1, 0.15) is 6.61 Å². The molecule has 1 aromatic rings. The highest BCUT2D eigenvalue weighted by atomic mass is 16.5. The van der Waals surface area contributed by atoms with Crippen molar-refractivity contribution in [2.45, 2.75) is 25.0 Å². The molecule has 0 saturated heterocycles. The maximum absolute atomic E-state index is 12.3. The van der Waals surface area contributed by atoms with Crippen LogP contribution in [-0.2, 0) is 20.9 Å². The zero-order valence-corrected chi connectivity index (χ0v) is 14.1. The van der Waals surface area contributed by atoms with Crippen molar-refractivity contribution in [2.75, 3.05) is 0 Å². The number of carboxylic acids is 2. The largest absolute Gasteiger partial charge is 0.481 e. The summed E-state index contributed by atoms with van der Waals surface area (Å²) in [7, 11) is 0. The fourth-order valence-electron chi connectivity index (χ4n) is 4.61. The van der Waals surface area contributed by atoms with E-state index in [9.17, 15) is 24.6 Å². The number of hydrogen-bond acceptors (Lipinski definition) is 4. The molecule has 5 atom stereocenters. The number of allylic oxidation sites excluding steroid dienone is 1. The summed E-state index contributed by atoms with van der Waals surface area (Å²) in [5.41, 5.74) is -1.14. The minimum atomic E-state index is -1.89. The highest BCUT2D eigenvalue weighted by molar-refractivity contribution is 5.92. The van der Waals surface area contributed by atoms with Gasteiger partial charge in [0.2, 0.25) is 0 Å². The molecule has 2 aliphatic rings. The van der Waals surface area contributed by atoms with Crippen LogP contribution in [0.1, 0.15) is 18.4 Å². The molecule has 7 heteroatoms. The van der Waals surface area contributed by atoms with Crippen molar-refractivity contribution in [3.8, 4) is 0 Å². The monoisotopic (exact) mass is 359 g/mol. The highest BCUT2D eigenvalue weighted by Gasteiger charge is 2.69. The van der Waals surface area contributed by atoms with Crippen LogP contribution in [-0.4, -0.2) is 33.8 Å². The maximum atomic E-state index is 12.3. The summed E-state index contributed by atoms with van der Waals surface area (Å²) in [6.45, 7) is 3.70. The van der Waals surface area contributed by atoms with Gasteiger partial charge >= 0.3 is 18.0 Å². The van der Waals surface area contributed by atoms with Crippen molar-refractivity contribution in [1.82, 2.24) is 5.32 Å². The van der Waals surface area contributed by atoms with Crippen LogP contribution in [0.2, 0.25) is 0 Å². The van der Waals surface area contributed by atoms with E-state index in [-0.39, 0.29) is 18.4 Å². The van der Waals surface area contributed by atoms with E-state index in [4.69, 9.17) is 4.74 Å². The van der Waals surface area contributed by atoms with Gasteiger partial charge in [-0.1, -0.05) is 36.4 Å². The number of carbonyl (C=O) groups is 3. The number of carbonyl (C=O) groups excluding carboxylic acids is 1. The predicted octanol–water partition coefficient (Wildman–Crippen LogP) is 2.28. The van der Waals surface area contributed by atoms with Crippen molar-refractivity contribution >= 4 is 18.0 Å². The van der Waals surface area contributed by atoms with Gasteiger partial charge < -0.3 is 20.3 Å². The Kier molecular flexibility index (Phi) is 4.71. The van der Waals surface area contributed by atoms with Gasteiger partial charge in [0.25, 0.3) is 0 Å². The van der Waals surface area contributed by atoms with Gasteiger partial charge in [-0.2, -0.15) is 0 Å². The highest BCUT2D eigenvalue weighted by Crippen LogP contribution is 2.58. The number of nitrogens with one attached hydrogen (secondary N) is 1. The molecule has 2 bridgehead atoms. The third kappa shape index (κ3) is 2.83. The van der Waals surface area contributed by atoms with Crippen LogP contribution in [0.4, 0.5) is 4.79 Å². The van der Waals surface area contributed by atoms with Crippen molar-refractivity contribution in [2.24, 2.45) is 23.7 Å². The fraction of sp³-hybridized carbons (Fsp3) is 0.421. The summed E-state index contributed by atoms with van der Waals surface area (Å²) in [5.74, 6) is -4.74. The first-order chi connectivity index (χ1) is 12.4. The lowest BCUT2D eigenvalue weighted by Crippen LogP contribution is -2.65. The predicted molar refractivity (Wildman–Crippen MR) is 91.2 cm³/mol. The van der Waals surface area contributed by atoms with Crippen molar-refractivity contribution in [3.05, 3.63) is 48.6 Å². The molecular formula is C19H21NO6. The standard InChI is InChI=1S/C19H21NO6/c1-2-12-8-13-9-14(12)19(17(23)24,15(13)16(21)22)20-18(25)26-10-11-6-4-3-5-7-11/h2-7,12-15H,1,8-10H2,(H,20,25)(H,21,22)(H,23,24)/t12-,13-,14-,15-,19-/m1/s1. The number of aliphatic carboxylic acids is 2. The van der Waals surface area contributed by atoms with Crippen molar-refractivity contribution in [3.63, 3.8) is 0 Å². The molecule has 0 aromatic heterocycles. The molecule has 0 aliphatic heterocycles. The van der Waals surface area contributed by atoms with Crippen LogP contribution in [0.5, 0.6) is 0 Å². The molecule has 2 fully saturated rings. The minimum absolute atomic E-state index is 0.0287. The van der Waals surface area contributed by atoms with Crippen molar-refractivity contribution < 1.29 is 29.3 Å². The molecule has 2 saturated carbocycles. The first-order valence-corrected chi connectivity index (χ1v) is 8.47. The van der Waals surface area contributed by atoms with E-state index in [1.807, 2.05) is 6.07 Å². The molecule has 1 aromatic carbocycles. The molecule has 0 radical (unpaired) electrons. The first kappa shape index (κ1) is 18.0. The van der Waals surface area contributed by atoms with E-state index in [0.717, 1.165) is 5.56 Å². The molecule has 0 unspecified atom stereocenters. The lowest BCUT2D eigenvalue weighted by molar-refractivity contribution is -0.161. The molecular weight excluding hydrogens is 338 g/mol. The Morgan fingerprint density at radius 2 is 1.92 bits per heavy atom. The van der Waals surface area contributed by atoms with Crippen LogP contribution in [0.25, 0.3) is 0 Å². The second kappa shape index (κ2) is 6.82. The summed E-state index contributed by atoms with van der Waals surface area (Å²) < 4.78 is 5.14. The molecule has 0 spiro atoms. The van der Waals surface area contributed by atoms with Gasteiger partial charge in [0, 0.05) is 5.92 Å². The van der Waals surface area contributed by atoms with Crippen molar-refractivity contribution in [1.29, 1.82) is 0 Å². The minimum Gasteiger partial charge on any atom is -0.481 e. The Bertz CT molecular complexity index is 733. The average Bonchev–Trinajstić information content (AvgIpc) is 3.17. The molecule has 0 heterocycles.